The van der Waals surface area contributed by atoms with Crippen molar-refractivity contribution in [1.29, 1.82) is 0 Å². The molecule has 0 bridgehead atoms. The maximum absolute atomic E-state index is 11.0. The summed E-state index contributed by atoms with van der Waals surface area (Å²) >= 11 is 0. The van der Waals surface area contributed by atoms with Gasteiger partial charge in [-0.15, -0.1) is 0 Å². The summed E-state index contributed by atoms with van der Waals surface area (Å²) in [5, 5.41) is 0. The molecule has 0 saturated carbocycles. The van der Waals surface area contributed by atoms with Crippen LogP contribution in [0.5, 0.6) is 0 Å². The van der Waals surface area contributed by atoms with E-state index in [2.05, 4.69) is 0 Å². The van der Waals surface area contributed by atoms with Crippen LogP contribution in [0.25, 0.3) is 0 Å². The third-order valence-electron chi connectivity index (χ3n) is 1.98. The van der Waals surface area contributed by atoms with E-state index in [9.17, 15) is 4.79 Å². The van der Waals surface area contributed by atoms with Crippen molar-refractivity contribution >= 4 is 5.78 Å². The Morgan fingerprint density at radius 1 is 1.50 bits per heavy atom. The van der Waals surface area contributed by atoms with Gasteiger partial charge >= 0.3 is 0 Å². The zero-order valence-corrected chi connectivity index (χ0v) is 7.42. The minimum Gasteiger partial charge on any atom is -0.326 e. The van der Waals surface area contributed by atoms with Crippen LogP contribution in [0, 0.1) is 6.92 Å². The number of rotatable bonds is 2. The molecule has 1 rings (SSSR count). The summed E-state index contributed by atoms with van der Waals surface area (Å²) in [7, 11) is 0. The minimum atomic E-state index is 0.0877. The molecule has 0 saturated heterocycles. The predicted molar refractivity (Wildman–Crippen MR) is 49.1 cm³/mol. The number of Topliss-reactive ketones (excluding diaryl/α,β-unsaturated/α-hetero) is 1. The average molecular weight is 163 g/mol. The zero-order chi connectivity index (χ0) is 9.14. The van der Waals surface area contributed by atoms with Gasteiger partial charge in [0.25, 0.3) is 0 Å². The SMILES string of the molecule is CC(=O)c1ccc(C)c(CN)c1. The molecule has 2 heteroatoms. The van der Waals surface area contributed by atoms with Crippen molar-refractivity contribution in [3.05, 3.63) is 34.9 Å². The van der Waals surface area contributed by atoms with E-state index in [0.717, 1.165) is 16.7 Å². The van der Waals surface area contributed by atoms with Crippen molar-refractivity contribution < 1.29 is 4.79 Å². The number of nitrogens with two attached hydrogens (primary N) is 1. The highest BCUT2D eigenvalue weighted by Crippen LogP contribution is 2.10. The first-order chi connectivity index (χ1) is 5.65. The maximum atomic E-state index is 11.0. The number of aryl methyl sites for hydroxylation is 1. The van der Waals surface area contributed by atoms with Crippen LogP contribution in [0.4, 0.5) is 0 Å². The molecular formula is C10H13NO. The van der Waals surface area contributed by atoms with Crippen molar-refractivity contribution in [2.45, 2.75) is 20.4 Å². The molecule has 64 valence electrons. The first-order valence-electron chi connectivity index (χ1n) is 3.95. The Kier molecular flexibility index (Phi) is 2.61. The zero-order valence-electron chi connectivity index (χ0n) is 7.42. The summed E-state index contributed by atoms with van der Waals surface area (Å²) in [6.07, 6.45) is 0. The van der Waals surface area contributed by atoms with Crippen LogP contribution < -0.4 is 5.73 Å². The first kappa shape index (κ1) is 8.94. The molecular weight excluding hydrogens is 150 g/mol. The minimum absolute atomic E-state index is 0.0877. The number of benzene rings is 1. The van der Waals surface area contributed by atoms with E-state index in [1.54, 1.807) is 6.92 Å². The summed E-state index contributed by atoms with van der Waals surface area (Å²) in [6, 6.07) is 5.62. The number of carbonyl (C=O) groups excluding carboxylic acids is 1. The Hall–Kier alpha value is -1.15. The summed E-state index contributed by atoms with van der Waals surface area (Å²) in [6.45, 7) is 4.05. The summed E-state index contributed by atoms with van der Waals surface area (Å²) in [5.41, 5.74) is 8.43. The van der Waals surface area contributed by atoms with Crippen LogP contribution >= 0.6 is 0 Å². The lowest BCUT2D eigenvalue weighted by Crippen LogP contribution is -2.01. The second kappa shape index (κ2) is 3.50. The van der Waals surface area contributed by atoms with Gasteiger partial charge < -0.3 is 5.73 Å². The van der Waals surface area contributed by atoms with Crippen LogP contribution in [0.15, 0.2) is 18.2 Å². The lowest BCUT2D eigenvalue weighted by molar-refractivity contribution is 0.101. The first-order valence-corrected chi connectivity index (χ1v) is 3.95. The van der Waals surface area contributed by atoms with Gasteiger partial charge in [-0.25, -0.2) is 0 Å². The van der Waals surface area contributed by atoms with Crippen molar-refractivity contribution in [1.82, 2.24) is 0 Å². The Bertz CT molecular complexity index is 305. The van der Waals surface area contributed by atoms with Crippen LogP contribution in [-0.4, -0.2) is 5.78 Å². The number of carbonyl (C=O) groups is 1. The topological polar surface area (TPSA) is 43.1 Å². The van der Waals surface area contributed by atoms with E-state index in [0.29, 0.717) is 6.54 Å². The number of ketones is 1. The molecule has 1 aromatic carbocycles. The van der Waals surface area contributed by atoms with Crippen molar-refractivity contribution in [2.75, 3.05) is 0 Å². The van der Waals surface area contributed by atoms with Crippen molar-refractivity contribution in [2.24, 2.45) is 5.73 Å². The highest BCUT2D eigenvalue weighted by Gasteiger charge is 2.01. The van der Waals surface area contributed by atoms with Crippen LogP contribution in [0.1, 0.15) is 28.4 Å². The fourth-order valence-electron chi connectivity index (χ4n) is 1.11. The van der Waals surface area contributed by atoms with Gasteiger partial charge in [0.1, 0.15) is 0 Å². The smallest absolute Gasteiger partial charge is 0.159 e. The monoisotopic (exact) mass is 163 g/mol. The molecule has 0 aliphatic heterocycles. The van der Waals surface area contributed by atoms with Crippen LogP contribution in [0.2, 0.25) is 0 Å². The molecule has 0 aliphatic rings. The van der Waals surface area contributed by atoms with Gasteiger partial charge in [-0.1, -0.05) is 12.1 Å². The summed E-state index contributed by atoms with van der Waals surface area (Å²) in [5.74, 6) is 0.0877. The molecule has 2 nitrogen and oxygen atoms in total. The van der Waals surface area contributed by atoms with E-state index in [4.69, 9.17) is 5.73 Å². The summed E-state index contributed by atoms with van der Waals surface area (Å²) in [4.78, 5) is 11.0. The van der Waals surface area contributed by atoms with Gasteiger partial charge in [-0.05, 0) is 31.0 Å². The van der Waals surface area contributed by atoms with Crippen molar-refractivity contribution in [3.8, 4) is 0 Å². The lowest BCUT2D eigenvalue weighted by atomic mass is 10.0. The van der Waals surface area contributed by atoms with E-state index in [-0.39, 0.29) is 5.78 Å². The molecule has 0 radical (unpaired) electrons. The number of hydrogen-bond donors (Lipinski definition) is 1. The van der Waals surface area contributed by atoms with Gasteiger partial charge in [0, 0.05) is 12.1 Å². The molecule has 0 aliphatic carbocycles. The van der Waals surface area contributed by atoms with Crippen LogP contribution in [0.3, 0.4) is 0 Å². The fraction of sp³-hybridized carbons (Fsp3) is 0.300. The van der Waals surface area contributed by atoms with Gasteiger partial charge in [-0.3, -0.25) is 4.79 Å². The predicted octanol–water partition coefficient (Wildman–Crippen LogP) is 1.66. The Morgan fingerprint density at radius 3 is 2.67 bits per heavy atom. The standard InChI is InChI=1S/C10H13NO/c1-7-3-4-9(8(2)12)5-10(7)6-11/h3-5H,6,11H2,1-2H3. The molecule has 0 aromatic heterocycles. The number of hydrogen-bond acceptors (Lipinski definition) is 2. The molecule has 12 heavy (non-hydrogen) atoms. The molecule has 1 aromatic rings. The van der Waals surface area contributed by atoms with E-state index in [1.165, 1.54) is 0 Å². The van der Waals surface area contributed by atoms with E-state index in [1.807, 2.05) is 25.1 Å². The third-order valence-corrected chi connectivity index (χ3v) is 1.98. The highest BCUT2D eigenvalue weighted by atomic mass is 16.1. The second-order valence-corrected chi connectivity index (χ2v) is 2.90. The maximum Gasteiger partial charge on any atom is 0.159 e. The Balaban J connectivity index is 3.13. The summed E-state index contributed by atoms with van der Waals surface area (Å²) < 4.78 is 0. The molecule has 0 heterocycles. The van der Waals surface area contributed by atoms with Crippen molar-refractivity contribution in [3.63, 3.8) is 0 Å². The Morgan fingerprint density at radius 2 is 2.17 bits per heavy atom. The third kappa shape index (κ3) is 1.71. The lowest BCUT2D eigenvalue weighted by Gasteiger charge is -2.03. The highest BCUT2D eigenvalue weighted by molar-refractivity contribution is 5.94. The van der Waals surface area contributed by atoms with Gasteiger partial charge in [0.2, 0.25) is 0 Å². The van der Waals surface area contributed by atoms with Gasteiger partial charge in [0.15, 0.2) is 5.78 Å². The molecule has 0 unspecified atom stereocenters. The molecule has 0 spiro atoms. The molecule has 2 N–H and O–H groups in total. The average Bonchev–Trinajstić information content (AvgIpc) is 2.05. The largest absolute Gasteiger partial charge is 0.326 e. The van der Waals surface area contributed by atoms with Gasteiger partial charge in [-0.2, -0.15) is 0 Å². The van der Waals surface area contributed by atoms with E-state index >= 15 is 0 Å². The van der Waals surface area contributed by atoms with Crippen LogP contribution in [-0.2, 0) is 6.54 Å². The molecule has 0 fully saturated rings. The normalized spacial score (nSPS) is 9.92. The quantitative estimate of drug-likeness (QED) is 0.674. The van der Waals surface area contributed by atoms with E-state index < -0.39 is 0 Å². The van der Waals surface area contributed by atoms with Gasteiger partial charge in [0.05, 0.1) is 0 Å². The fourth-order valence-corrected chi connectivity index (χ4v) is 1.11. The molecule has 0 atom stereocenters. The second-order valence-electron chi connectivity index (χ2n) is 2.90. The Labute approximate surface area is 72.4 Å². The molecule has 0 amide bonds.